The van der Waals surface area contributed by atoms with E-state index in [4.69, 9.17) is 9.47 Å². The molecular weight excluding hydrogens is 360 g/mol. The molecule has 0 radical (unpaired) electrons. The molecule has 2 aliphatic rings. The highest BCUT2D eigenvalue weighted by Gasteiger charge is 2.23. The van der Waals surface area contributed by atoms with Gasteiger partial charge in [-0.1, -0.05) is 6.07 Å². The number of carbonyl (C=O) groups excluding carboxylic acids is 1. The van der Waals surface area contributed by atoms with Gasteiger partial charge in [-0.15, -0.1) is 11.3 Å². The summed E-state index contributed by atoms with van der Waals surface area (Å²) in [5.41, 5.74) is 1.02. The van der Waals surface area contributed by atoms with Crippen LogP contribution in [0.15, 0.2) is 35.7 Å². The Balaban J connectivity index is 1.28. The largest absolute Gasteiger partial charge is 0.486 e. The Bertz CT molecular complexity index is 763. The molecule has 1 saturated heterocycles. The summed E-state index contributed by atoms with van der Waals surface area (Å²) < 4.78 is 11.2. The quantitative estimate of drug-likeness (QED) is 0.817. The van der Waals surface area contributed by atoms with Crippen LogP contribution in [0.3, 0.4) is 0 Å². The number of fused-ring (bicyclic) bond motifs is 1. The normalized spacial score (nSPS) is 19.0. The van der Waals surface area contributed by atoms with Gasteiger partial charge < -0.3 is 19.7 Å². The van der Waals surface area contributed by atoms with E-state index in [-0.39, 0.29) is 11.9 Å². The summed E-state index contributed by atoms with van der Waals surface area (Å²) in [5, 5.41) is 5.66. The zero-order valence-electron chi connectivity index (χ0n) is 15.5. The highest BCUT2D eigenvalue weighted by molar-refractivity contribution is 7.09. The molecule has 0 saturated carbocycles. The monoisotopic (exact) mass is 386 g/mol. The maximum absolute atomic E-state index is 12.6. The number of piperidine rings is 1. The smallest absolute Gasteiger partial charge is 0.222 e. The van der Waals surface area contributed by atoms with Crippen LogP contribution in [0.25, 0.3) is 0 Å². The van der Waals surface area contributed by atoms with Gasteiger partial charge in [-0.25, -0.2) is 0 Å². The highest BCUT2D eigenvalue weighted by atomic mass is 32.1. The second-order valence-corrected chi connectivity index (χ2v) is 8.15. The molecule has 4 rings (SSSR count). The Hall–Kier alpha value is -2.21. The van der Waals surface area contributed by atoms with Gasteiger partial charge in [-0.05, 0) is 49.3 Å². The molecule has 0 aliphatic carbocycles. The van der Waals surface area contributed by atoms with Crippen LogP contribution >= 0.6 is 11.3 Å². The fraction of sp³-hybridized carbons (Fsp3) is 0.476. The summed E-state index contributed by atoms with van der Waals surface area (Å²) in [6.07, 6.45) is 4.67. The zero-order chi connectivity index (χ0) is 18.5. The minimum Gasteiger partial charge on any atom is -0.486 e. The van der Waals surface area contributed by atoms with E-state index in [0.717, 1.165) is 56.0 Å². The summed E-state index contributed by atoms with van der Waals surface area (Å²) in [7, 11) is 0. The Kier molecular flexibility index (Phi) is 5.82. The number of nitrogens with zero attached hydrogens (tertiary/aromatic N) is 1. The first-order chi connectivity index (χ1) is 13.3. The van der Waals surface area contributed by atoms with Gasteiger partial charge in [-0.2, -0.15) is 0 Å². The Morgan fingerprint density at radius 1 is 1.22 bits per heavy atom. The first-order valence-electron chi connectivity index (χ1n) is 9.74. The van der Waals surface area contributed by atoms with Crippen LogP contribution < -0.4 is 14.8 Å². The minimum absolute atomic E-state index is 0.278. The van der Waals surface area contributed by atoms with Crippen molar-refractivity contribution in [1.29, 1.82) is 0 Å². The number of ether oxygens (including phenoxy) is 2. The zero-order valence-corrected chi connectivity index (χ0v) is 16.3. The van der Waals surface area contributed by atoms with E-state index in [1.165, 1.54) is 4.88 Å². The van der Waals surface area contributed by atoms with Crippen molar-refractivity contribution in [2.75, 3.05) is 31.6 Å². The molecule has 0 bridgehead atoms. The van der Waals surface area contributed by atoms with Gasteiger partial charge in [0.05, 0.1) is 0 Å². The van der Waals surface area contributed by atoms with Crippen molar-refractivity contribution in [2.45, 2.75) is 38.1 Å². The van der Waals surface area contributed by atoms with Gasteiger partial charge in [-0.3, -0.25) is 4.79 Å². The van der Waals surface area contributed by atoms with Crippen molar-refractivity contribution in [2.24, 2.45) is 0 Å². The average Bonchev–Trinajstić information content (AvgIpc) is 3.21. The minimum atomic E-state index is 0.278. The van der Waals surface area contributed by atoms with Crippen molar-refractivity contribution in [3.63, 3.8) is 0 Å². The lowest BCUT2D eigenvalue weighted by atomic mass is 10.0. The number of rotatable bonds is 6. The fourth-order valence-electron chi connectivity index (χ4n) is 3.72. The summed E-state index contributed by atoms with van der Waals surface area (Å²) in [5.74, 6) is 1.88. The summed E-state index contributed by atoms with van der Waals surface area (Å²) in [4.78, 5) is 16.0. The number of benzene rings is 1. The molecule has 1 aromatic carbocycles. The molecule has 1 N–H and O–H groups in total. The molecule has 1 amide bonds. The van der Waals surface area contributed by atoms with Gasteiger partial charge in [0.2, 0.25) is 5.91 Å². The van der Waals surface area contributed by atoms with Crippen LogP contribution in [-0.2, 0) is 11.2 Å². The van der Waals surface area contributed by atoms with E-state index in [0.29, 0.717) is 19.6 Å². The van der Waals surface area contributed by atoms with Crippen LogP contribution in [0.5, 0.6) is 11.5 Å². The molecule has 5 nitrogen and oxygen atoms in total. The molecule has 144 valence electrons. The van der Waals surface area contributed by atoms with Crippen LogP contribution in [0.1, 0.15) is 30.6 Å². The van der Waals surface area contributed by atoms with E-state index in [9.17, 15) is 4.79 Å². The highest BCUT2D eigenvalue weighted by Crippen LogP contribution is 2.33. The molecule has 0 spiro atoms. The second-order valence-electron chi connectivity index (χ2n) is 7.11. The number of amides is 1. The molecule has 1 fully saturated rings. The van der Waals surface area contributed by atoms with E-state index in [1.54, 1.807) is 11.3 Å². The lowest BCUT2D eigenvalue weighted by Gasteiger charge is -2.34. The number of carbonyl (C=O) groups is 1. The molecular formula is C21H26N2O3S. The van der Waals surface area contributed by atoms with Gasteiger partial charge in [0.1, 0.15) is 13.2 Å². The number of thiophene rings is 1. The maximum Gasteiger partial charge on any atom is 0.222 e. The molecule has 1 unspecified atom stereocenters. The number of likely N-dealkylation sites (tertiary alicyclic amines) is 1. The van der Waals surface area contributed by atoms with Crippen molar-refractivity contribution < 1.29 is 14.3 Å². The van der Waals surface area contributed by atoms with Crippen LogP contribution in [-0.4, -0.2) is 43.2 Å². The number of aryl methyl sites for hydroxylation is 1. The molecule has 1 atom stereocenters. The third kappa shape index (κ3) is 4.75. The van der Waals surface area contributed by atoms with Crippen molar-refractivity contribution in [1.82, 2.24) is 4.90 Å². The Morgan fingerprint density at radius 3 is 2.96 bits per heavy atom. The number of hydrogen-bond acceptors (Lipinski definition) is 5. The van der Waals surface area contributed by atoms with Gasteiger partial charge in [0.25, 0.3) is 0 Å². The van der Waals surface area contributed by atoms with Crippen molar-refractivity contribution in [3.05, 3.63) is 40.6 Å². The van der Waals surface area contributed by atoms with Gasteiger partial charge in [0.15, 0.2) is 11.5 Å². The van der Waals surface area contributed by atoms with Crippen LogP contribution in [0.2, 0.25) is 0 Å². The Labute approximate surface area is 164 Å². The third-order valence-electron chi connectivity index (χ3n) is 5.08. The molecule has 27 heavy (non-hydrogen) atoms. The van der Waals surface area contributed by atoms with Gasteiger partial charge in [0, 0.05) is 42.2 Å². The molecule has 6 heteroatoms. The first kappa shape index (κ1) is 18.2. The predicted molar refractivity (Wildman–Crippen MR) is 108 cm³/mol. The maximum atomic E-state index is 12.6. The number of anilines is 1. The van der Waals surface area contributed by atoms with E-state index >= 15 is 0 Å². The molecule has 2 aliphatic heterocycles. The molecule has 1 aromatic heterocycles. The van der Waals surface area contributed by atoms with E-state index in [2.05, 4.69) is 22.8 Å². The Morgan fingerprint density at radius 2 is 2.11 bits per heavy atom. The summed E-state index contributed by atoms with van der Waals surface area (Å²) in [6.45, 7) is 2.84. The molecule has 2 aromatic rings. The first-order valence-corrected chi connectivity index (χ1v) is 10.6. The summed E-state index contributed by atoms with van der Waals surface area (Å²) in [6, 6.07) is 10.5. The third-order valence-corrected chi connectivity index (χ3v) is 6.02. The SMILES string of the molecule is O=C(CCCc1cccs1)N1CCCC(Nc2ccc3c(c2)OCCO3)C1. The van der Waals surface area contributed by atoms with Crippen LogP contribution in [0.4, 0.5) is 5.69 Å². The number of hydrogen-bond donors (Lipinski definition) is 1. The average molecular weight is 387 g/mol. The standard InChI is InChI=1S/C21H26N2O3S/c24-21(7-1-5-18-6-3-13-27-18)23-10-2-4-17(15-23)22-16-8-9-19-20(14-16)26-12-11-25-19/h3,6,8-9,13-14,17,22H,1-2,4-5,7,10-12,15H2. The van der Waals surface area contributed by atoms with Crippen molar-refractivity contribution >= 4 is 22.9 Å². The topological polar surface area (TPSA) is 50.8 Å². The van der Waals surface area contributed by atoms with Crippen molar-refractivity contribution in [3.8, 4) is 11.5 Å². The second kappa shape index (κ2) is 8.65. The molecule has 3 heterocycles. The lowest BCUT2D eigenvalue weighted by Crippen LogP contribution is -2.45. The predicted octanol–water partition coefficient (Wildman–Crippen LogP) is 3.95. The lowest BCUT2D eigenvalue weighted by molar-refractivity contribution is -0.132. The van der Waals surface area contributed by atoms with Crippen LogP contribution in [0, 0.1) is 0 Å². The number of nitrogens with one attached hydrogen (secondary N) is 1. The van der Waals surface area contributed by atoms with Gasteiger partial charge >= 0.3 is 0 Å². The summed E-state index contributed by atoms with van der Waals surface area (Å²) >= 11 is 1.77. The van der Waals surface area contributed by atoms with E-state index in [1.807, 2.05) is 23.1 Å². The van der Waals surface area contributed by atoms with E-state index < -0.39 is 0 Å². The fourth-order valence-corrected chi connectivity index (χ4v) is 4.47.